The maximum atomic E-state index is 12.8. The molecule has 2 N–H and O–H groups in total. The summed E-state index contributed by atoms with van der Waals surface area (Å²) in [6, 6.07) is 10.7. The molecule has 0 saturated heterocycles. The molecule has 1 amide bonds. The molecular formula is C20H24N2O3S. The number of hydrogen-bond donors (Lipinski definition) is 2. The monoisotopic (exact) mass is 372 g/mol. The fourth-order valence-corrected chi connectivity index (χ4v) is 4.67. The van der Waals surface area contributed by atoms with E-state index in [9.17, 15) is 13.2 Å². The number of anilines is 1. The summed E-state index contributed by atoms with van der Waals surface area (Å²) in [5, 5.41) is 2.71. The van der Waals surface area contributed by atoms with E-state index in [-0.39, 0.29) is 10.8 Å². The first kappa shape index (κ1) is 18.5. The van der Waals surface area contributed by atoms with E-state index in [1.54, 1.807) is 32.2 Å². The second-order valence-electron chi connectivity index (χ2n) is 7.05. The lowest BCUT2D eigenvalue weighted by molar-refractivity contribution is -0.123. The Kier molecular flexibility index (Phi) is 4.56. The maximum Gasteiger partial charge on any atom is 0.262 e. The highest BCUT2D eigenvalue weighted by Gasteiger charge is 2.50. The summed E-state index contributed by atoms with van der Waals surface area (Å²) in [6.07, 6.45) is 1.64. The maximum absolute atomic E-state index is 12.8. The first-order valence-electron chi connectivity index (χ1n) is 8.63. The number of rotatable bonds is 5. The zero-order valence-corrected chi connectivity index (χ0v) is 16.3. The molecule has 138 valence electrons. The predicted octanol–water partition coefficient (Wildman–Crippen LogP) is 3.19. The third-order valence-corrected chi connectivity index (χ3v) is 6.71. The molecule has 0 unspecified atom stereocenters. The summed E-state index contributed by atoms with van der Waals surface area (Å²) in [7, 11) is -2.03. The minimum Gasteiger partial charge on any atom is -0.358 e. The van der Waals surface area contributed by atoms with E-state index in [2.05, 4.69) is 10.0 Å². The van der Waals surface area contributed by atoms with Crippen molar-refractivity contribution in [2.45, 2.75) is 43.9 Å². The van der Waals surface area contributed by atoms with Gasteiger partial charge < -0.3 is 5.32 Å². The standard InChI is InChI=1S/C20H24N2O3S/c1-13-11-15(3)18(12-14(13)2)26(24,25)22-17-7-5-16(6-8-17)20(9-10-20)19(23)21-4/h5-8,11-12,22H,9-10H2,1-4H3,(H,21,23). The van der Waals surface area contributed by atoms with E-state index in [0.29, 0.717) is 11.3 Å². The third-order valence-electron chi connectivity index (χ3n) is 5.18. The smallest absolute Gasteiger partial charge is 0.262 e. The van der Waals surface area contributed by atoms with Crippen molar-refractivity contribution in [2.24, 2.45) is 0 Å². The van der Waals surface area contributed by atoms with E-state index >= 15 is 0 Å². The number of sulfonamides is 1. The molecule has 0 aromatic heterocycles. The highest BCUT2D eigenvalue weighted by molar-refractivity contribution is 7.92. The molecule has 1 fully saturated rings. The molecule has 0 heterocycles. The molecule has 5 nitrogen and oxygen atoms in total. The van der Waals surface area contributed by atoms with Crippen molar-refractivity contribution in [3.63, 3.8) is 0 Å². The minimum atomic E-state index is -3.67. The van der Waals surface area contributed by atoms with Gasteiger partial charge >= 0.3 is 0 Å². The summed E-state index contributed by atoms with van der Waals surface area (Å²) in [6.45, 7) is 5.66. The first-order chi connectivity index (χ1) is 12.2. The predicted molar refractivity (Wildman–Crippen MR) is 103 cm³/mol. The molecule has 6 heteroatoms. The van der Waals surface area contributed by atoms with Crippen molar-refractivity contribution in [3.8, 4) is 0 Å². The number of amides is 1. The van der Waals surface area contributed by atoms with Crippen LogP contribution in [0.1, 0.15) is 35.1 Å². The number of nitrogens with one attached hydrogen (secondary N) is 2. The average molecular weight is 372 g/mol. The largest absolute Gasteiger partial charge is 0.358 e. The molecule has 26 heavy (non-hydrogen) atoms. The van der Waals surface area contributed by atoms with Gasteiger partial charge in [-0.15, -0.1) is 0 Å². The Hall–Kier alpha value is -2.34. The van der Waals surface area contributed by atoms with Crippen molar-refractivity contribution in [3.05, 3.63) is 58.7 Å². The van der Waals surface area contributed by atoms with Gasteiger partial charge in [0.05, 0.1) is 10.3 Å². The molecule has 1 aliphatic rings. The van der Waals surface area contributed by atoms with Crippen LogP contribution in [0.15, 0.2) is 41.3 Å². The molecule has 1 aliphatic carbocycles. The lowest BCUT2D eigenvalue weighted by Crippen LogP contribution is -2.31. The van der Waals surface area contributed by atoms with Crippen LogP contribution >= 0.6 is 0 Å². The first-order valence-corrected chi connectivity index (χ1v) is 10.1. The average Bonchev–Trinajstić information content (AvgIpc) is 3.39. The lowest BCUT2D eigenvalue weighted by atomic mass is 9.95. The molecule has 0 radical (unpaired) electrons. The van der Waals surface area contributed by atoms with Crippen LogP contribution in [0.4, 0.5) is 5.69 Å². The number of carbonyl (C=O) groups excluding carboxylic acids is 1. The summed E-state index contributed by atoms with van der Waals surface area (Å²) >= 11 is 0. The van der Waals surface area contributed by atoms with E-state index in [1.807, 2.05) is 32.0 Å². The summed E-state index contributed by atoms with van der Waals surface area (Å²) < 4.78 is 28.2. The molecule has 0 bridgehead atoms. The van der Waals surface area contributed by atoms with Gasteiger partial charge in [-0.1, -0.05) is 18.2 Å². The summed E-state index contributed by atoms with van der Waals surface area (Å²) in [4.78, 5) is 12.4. The second kappa shape index (κ2) is 6.43. The topological polar surface area (TPSA) is 75.3 Å². The quantitative estimate of drug-likeness (QED) is 0.846. The molecule has 0 aliphatic heterocycles. The van der Waals surface area contributed by atoms with Gasteiger partial charge in [-0.3, -0.25) is 9.52 Å². The number of carbonyl (C=O) groups is 1. The van der Waals surface area contributed by atoms with E-state index in [0.717, 1.165) is 29.5 Å². The van der Waals surface area contributed by atoms with Crippen LogP contribution < -0.4 is 10.0 Å². The van der Waals surface area contributed by atoms with Crippen LogP contribution in [0.2, 0.25) is 0 Å². The van der Waals surface area contributed by atoms with Gasteiger partial charge in [0.15, 0.2) is 0 Å². The SMILES string of the molecule is CNC(=O)C1(c2ccc(NS(=O)(=O)c3cc(C)c(C)cc3C)cc2)CC1. The number of aryl methyl sites for hydroxylation is 3. The molecular weight excluding hydrogens is 348 g/mol. The van der Waals surface area contributed by atoms with Crippen LogP contribution in [0.25, 0.3) is 0 Å². The van der Waals surface area contributed by atoms with E-state index in [4.69, 9.17) is 0 Å². The van der Waals surface area contributed by atoms with E-state index < -0.39 is 15.4 Å². The van der Waals surface area contributed by atoms with Gasteiger partial charge in [-0.2, -0.15) is 0 Å². The highest BCUT2D eigenvalue weighted by atomic mass is 32.2. The van der Waals surface area contributed by atoms with Crippen LogP contribution in [-0.4, -0.2) is 21.4 Å². The summed E-state index contributed by atoms with van der Waals surface area (Å²) in [5.74, 6) is 0.0107. The Bertz CT molecular complexity index is 959. The van der Waals surface area contributed by atoms with Crippen molar-refractivity contribution < 1.29 is 13.2 Å². The van der Waals surface area contributed by atoms with Gasteiger partial charge in [0.2, 0.25) is 5.91 Å². The van der Waals surface area contributed by atoms with Crippen molar-refractivity contribution in [1.29, 1.82) is 0 Å². The summed E-state index contributed by atoms with van der Waals surface area (Å²) in [5.41, 5.74) is 3.67. The Balaban J connectivity index is 1.85. The van der Waals surface area contributed by atoms with Crippen molar-refractivity contribution >= 4 is 21.6 Å². The Morgan fingerprint density at radius 3 is 2.08 bits per heavy atom. The van der Waals surface area contributed by atoms with Gasteiger partial charge in [0.1, 0.15) is 0 Å². The zero-order chi connectivity index (χ0) is 19.1. The molecule has 2 aromatic rings. The van der Waals surface area contributed by atoms with Gasteiger partial charge in [0, 0.05) is 12.7 Å². The van der Waals surface area contributed by atoms with Crippen molar-refractivity contribution in [1.82, 2.24) is 5.32 Å². The van der Waals surface area contributed by atoms with Crippen LogP contribution in [0.5, 0.6) is 0 Å². The lowest BCUT2D eigenvalue weighted by Gasteiger charge is -2.16. The minimum absolute atomic E-state index is 0.0107. The van der Waals surface area contributed by atoms with E-state index in [1.165, 1.54) is 0 Å². The van der Waals surface area contributed by atoms with Gasteiger partial charge in [-0.25, -0.2) is 8.42 Å². The van der Waals surface area contributed by atoms with Crippen molar-refractivity contribution in [2.75, 3.05) is 11.8 Å². The van der Waals surface area contributed by atoms with Crippen LogP contribution in [0, 0.1) is 20.8 Å². The fraction of sp³-hybridized carbons (Fsp3) is 0.350. The molecule has 2 aromatic carbocycles. The Labute approximate surface area is 154 Å². The Morgan fingerprint density at radius 2 is 1.54 bits per heavy atom. The van der Waals surface area contributed by atoms with Gasteiger partial charge in [0.25, 0.3) is 10.0 Å². The number of hydrogen-bond acceptors (Lipinski definition) is 3. The number of benzene rings is 2. The Morgan fingerprint density at radius 1 is 0.962 bits per heavy atom. The molecule has 0 atom stereocenters. The third kappa shape index (κ3) is 3.21. The van der Waals surface area contributed by atoms with Crippen LogP contribution in [-0.2, 0) is 20.2 Å². The van der Waals surface area contributed by atoms with Gasteiger partial charge in [-0.05, 0) is 74.1 Å². The number of likely N-dealkylation sites (N-methyl/N-ethyl adjacent to an activating group) is 1. The highest BCUT2D eigenvalue weighted by Crippen LogP contribution is 2.48. The normalized spacial score (nSPS) is 15.4. The zero-order valence-electron chi connectivity index (χ0n) is 15.5. The molecule has 1 saturated carbocycles. The molecule has 0 spiro atoms. The molecule has 3 rings (SSSR count). The fourth-order valence-electron chi connectivity index (χ4n) is 3.30. The second-order valence-corrected chi connectivity index (χ2v) is 8.70. The van der Waals surface area contributed by atoms with Crippen LogP contribution in [0.3, 0.4) is 0 Å².